The molecule has 0 heterocycles. The lowest BCUT2D eigenvalue weighted by molar-refractivity contribution is -0.119. The lowest BCUT2D eigenvalue weighted by Gasteiger charge is -2.16. The molecule has 1 aromatic carbocycles. The van der Waals surface area contributed by atoms with Gasteiger partial charge in [0.2, 0.25) is 5.91 Å². The summed E-state index contributed by atoms with van der Waals surface area (Å²) in [5.41, 5.74) is 4.68. The summed E-state index contributed by atoms with van der Waals surface area (Å²) in [5, 5.41) is 0.256. The molecule has 7 heteroatoms. The second-order valence-corrected chi connectivity index (χ2v) is 4.70. The quantitative estimate of drug-likeness (QED) is 0.833. The molecule has 0 atom stereocenters. The molecule has 0 aliphatic heterocycles. The van der Waals surface area contributed by atoms with E-state index in [1.165, 1.54) is 26.2 Å². The number of methoxy groups -OCH3 is 1. The SMILES string of the molecule is COc1cc(C(=O)NNC(C)=O)cc(Cl)c1OC(C)C. The first-order valence-electron chi connectivity index (χ1n) is 5.96. The molecule has 1 aromatic rings. The minimum Gasteiger partial charge on any atom is -0.493 e. The van der Waals surface area contributed by atoms with Crippen molar-refractivity contribution in [1.82, 2.24) is 10.9 Å². The number of amides is 2. The molecule has 0 unspecified atom stereocenters. The third kappa shape index (κ3) is 4.31. The van der Waals surface area contributed by atoms with E-state index in [1.54, 1.807) is 0 Å². The van der Waals surface area contributed by atoms with Crippen molar-refractivity contribution in [3.8, 4) is 11.5 Å². The van der Waals surface area contributed by atoms with Crippen LogP contribution in [-0.4, -0.2) is 25.0 Å². The Balaban J connectivity index is 3.03. The summed E-state index contributed by atoms with van der Waals surface area (Å²) in [6.07, 6.45) is -0.0829. The van der Waals surface area contributed by atoms with Gasteiger partial charge < -0.3 is 9.47 Å². The molecule has 0 saturated carbocycles. The monoisotopic (exact) mass is 300 g/mol. The normalized spacial score (nSPS) is 10.1. The van der Waals surface area contributed by atoms with Gasteiger partial charge in [-0.3, -0.25) is 20.4 Å². The topological polar surface area (TPSA) is 76.7 Å². The molecular formula is C13H17ClN2O4. The molecule has 1 rings (SSSR count). The third-order valence-corrected chi connectivity index (χ3v) is 2.48. The Kier molecular flexibility index (Phi) is 5.64. The Morgan fingerprint density at radius 1 is 1.25 bits per heavy atom. The highest BCUT2D eigenvalue weighted by atomic mass is 35.5. The number of ether oxygens (including phenoxy) is 2. The number of rotatable bonds is 4. The minimum atomic E-state index is -0.503. The van der Waals surface area contributed by atoms with Gasteiger partial charge in [-0.05, 0) is 26.0 Å². The van der Waals surface area contributed by atoms with Crippen molar-refractivity contribution < 1.29 is 19.1 Å². The highest BCUT2D eigenvalue weighted by Gasteiger charge is 2.16. The number of carbonyl (C=O) groups is 2. The molecule has 0 radical (unpaired) electrons. The molecular weight excluding hydrogens is 284 g/mol. The van der Waals surface area contributed by atoms with Gasteiger partial charge in [-0.25, -0.2) is 0 Å². The van der Waals surface area contributed by atoms with Gasteiger partial charge in [-0.2, -0.15) is 0 Å². The van der Waals surface area contributed by atoms with Crippen LogP contribution in [0.1, 0.15) is 31.1 Å². The number of nitrogens with one attached hydrogen (secondary N) is 2. The van der Waals surface area contributed by atoms with E-state index in [0.717, 1.165) is 0 Å². The number of hydrogen-bond acceptors (Lipinski definition) is 4. The molecule has 0 fully saturated rings. The van der Waals surface area contributed by atoms with Crippen LogP contribution in [-0.2, 0) is 4.79 Å². The molecule has 6 nitrogen and oxygen atoms in total. The van der Waals surface area contributed by atoms with Crippen molar-refractivity contribution in [3.63, 3.8) is 0 Å². The molecule has 0 spiro atoms. The summed E-state index contributed by atoms with van der Waals surface area (Å²) >= 11 is 6.09. The minimum absolute atomic E-state index is 0.0829. The lowest BCUT2D eigenvalue weighted by Crippen LogP contribution is -2.40. The van der Waals surface area contributed by atoms with Crippen LogP contribution in [0.15, 0.2) is 12.1 Å². The van der Waals surface area contributed by atoms with Gasteiger partial charge in [0.15, 0.2) is 11.5 Å². The van der Waals surface area contributed by atoms with Gasteiger partial charge in [0, 0.05) is 12.5 Å². The van der Waals surface area contributed by atoms with Gasteiger partial charge >= 0.3 is 0 Å². The molecule has 0 aliphatic rings. The largest absolute Gasteiger partial charge is 0.493 e. The van der Waals surface area contributed by atoms with Crippen LogP contribution in [0.5, 0.6) is 11.5 Å². The van der Waals surface area contributed by atoms with E-state index in [4.69, 9.17) is 21.1 Å². The van der Waals surface area contributed by atoms with Crippen LogP contribution in [0.2, 0.25) is 5.02 Å². The summed E-state index contributed by atoms with van der Waals surface area (Å²) < 4.78 is 10.7. The second-order valence-electron chi connectivity index (χ2n) is 4.29. The van der Waals surface area contributed by atoms with Crippen LogP contribution in [0.3, 0.4) is 0 Å². The first kappa shape index (κ1) is 16.1. The first-order chi connectivity index (χ1) is 9.35. The third-order valence-electron chi connectivity index (χ3n) is 2.20. The average Bonchev–Trinajstić information content (AvgIpc) is 2.37. The van der Waals surface area contributed by atoms with E-state index < -0.39 is 5.91 Å². The lowest BCUT2D eigenvalue weighted by atomic mass is 10.2. The summed E-state index contributed by atoms with van der Waals surface area (Å²) in [6, 6.07) is 2.93. The summed E-state index contributed by atoms with van der Waals surface area (Å²) in [7, 11) is 1.45. The smallest absolute Gasteiger partial charge is 0.269 e. The zero-order valence-electron chi connectivity index (χ0n) is 11.7. The number of halogens is 1. The maximum atomic E-state index is 11.8. The summed E-state index contributed by atoms with van der Waals surface area (Å²) in [6.45, 7) is 4.99. The number of benzene rings is 1. The fourth-order valence-corrected chi connectivity index (χ4v) is 1.67. The number of hydrogen-bond donors (Lipinski definition) is 2. The number of carbonyl (C=O) groups excluding carboxylic acids is 2. The zero-order chi connectivity index (χ0) is 15.3. The molecule has 2 amide bonds. The predicted octanol–water partition coefficient (Wildman–Crippen LogP) is 1.92. The molecule has 0 bridgehead atoms. The van der Waals surface area contributed by atoms with Crippen molar-refractivity contribution in [3.05, 3.63) is 22.7 Å². The molecule has 0 aromatic heterocycles. The highest BCUT2D eigenvalue weighted by Crippen LogP contribution is 2.37. The second kappa shape index (κ2) is 7.00. The molecule has 20 heavy (non-hydrogen) atoms. The Morgan fingerprint density at radius 3 is 2.40 bits per heavy atom. The van der Waals surface area contributed by atoms with E-state index in [-0.39, 0.29) is 22.6 Å². The molecule has 0 aliphatic carbocycles. The van der Waals surface area contributed by atoms with Crippen LogP contribution < -0.4 is 20.3 Å². The first-order valence-corrected chi connectivity index (χ1v) is 6.34. The Hall–Kier alpha value is -1.95. The summed E-state index contributed by atoms with van der Waals surface area (Å²) in [5.74, 6) is -0.160. The average molecular weight is 301 g/mol. The van der Waals surface area contributed by atoms with E-state index in [9.17, 15) is 9.59 Å². The molecule has 110 valence electrons. The van der Waals surface area contributed by atoms with Gasteiger partial charge in [0.1, 0.15) is 0 Å². The van der Waals surface area contributed by atoms with Crippen LogP contribution in [0.4, 0.5) is 0 Å². The standard InChI is InChI=1S/C13H17ClN2O4/c1-7(2)20-12-10(14)5-9(6-11(12)19-4)13(18)16-15-8(3)17/h5-7H,1-4H3,(H,15,17)(H,16,18). The highest BCUT2D eigenvalue weighted by molar-refractivity contribution is 6.32. The fraction of sp³-hybridized carbons (Fsp3) is 0.385. The van der Waals surface area contributed by atoms with E-state index in [0.29, 0.717) is 11.5 Å². The Morgan fingerprint density at radius 2 is 1.90 bits per heavy atom. The maximum Gasteiger partial charge on any atom is 0.269 e. The van der Waals surface area contributed by atoms with E-state index >= 15 is 0 Å². The predicted molar refractivity (Wildman–Crippen MR) is 75.1 cm³/mol. The van der Waals surface area contributed by atoms with Gasteiger partial charge in [0.25, 0.3) is 5.91 Å². The van der Waals surface area contributed by atoms with Gasteiger partial charge in [-0.15, -0.1) is 0 Å². The van der Waals surface area contributed by atoms with Gasteiger partial charge in [0.05, 0.1) is 18.2 Å². The van der Waals surface area contributed by atoms with Crippen LogP contribution >= 0.6 is 11.6 Å². The van der Waals surface area contributed by atoms with Crippen molar-refractivity contribution in [1.29, 1.82) is 0 Å². The Bertz CT molecular complexity index is 517. The van der Waals surface area contributed by atoms with Crippen molar-refractivity contribution >= 4 is 23.4 Å². The summed E-state index contributed by atoms with van der Waals surface area (Å²) in [4.78, 5) is 22.6. The Labute approximate surface area is 122 Å². The van der Waals surface area contributed by atoms with Crippen molar-refractivity contribution in [2.24, 2.45) is 0 Å². The van der Waals surface area contributed by atoms with Gasteiger partial charge in [-0.1, -0.05) is 11.6 Å². The van der Waals surface area contributed by atoms with E-state index in [1.807, 2.05) is 13.8 Å². The van der Waals surface area contributed by atoms with E-state index in [2.05, 4.69) is 10.9 Å². The van der Waals surface area contributed by atoms with Crippen LogP contribution in [0, 0.1) is 0 Å². The number of hydrazine groups is 1. The molecule has 2 N–H and O–H groups in total. The van der Waals surface area contributed by atoms with Crippen LogP contribution in [0.25, 0.3) is 0 Å². The maximum absolute atomic E-state index is 11.8. The van der Waals surface area contributed by atoms with Crippen molar-refractivity contribution in [2.75, 3.05) is 7.11 Å². The zero-order valence-corrected chi connectivity index (χ0v) is 12.5. The molecule has 0 saturated heterocycles. The van der Waals surface area contributed by atoms with Crippen molar-refractivity contribution in [2.45, 2.75) is 26.9 Å². The fourth-order valence-electron chi connectivity index (χ4n) is 1.42.